The van der Waals surface area contributed by atoms with Gasteiger partial charge >= 0.3 is 0 Å². The van der Waals surface area contributed by atoms with Gasteiger partial charge in [-0.25, -0.2) is 0 Å². The van der Waals surface area contributed by atoms with Crippen LogP contribution in [0.2, 0.25) is 0 Å². The number of nitrogens with two attached hydrogens (primary N) is 1. The van der Waals surface area contributed by atoms with E-state index in [1.54, 1.807) is 18.2 Å². The van der Waals surface area contributed by atoms with Gasteiger partial charge in [0.2, 0.25) is 11.8 Å². The number of rotatable bonds is 5. The van der Waals surface area contributed by atoms with Gasteiger partial charge in [-0.1, -0.05) is 19.1 Å². The summed E-state index contributed by atoms with van der Waals surface area (Å²) >= 11 is 0. The Kier molecular flexibility index (Phi) is 5.41. The molecule has 9 heteroatoms. The largest absolute Gasteiger partial charge is 0.350 e. The summed E-state index contributed by atoms with van der Waals surface area (Å²) in [4.78, 5) is 54.4. The van der Waals surface area contributed by atoms with Gasteiger partial charge in [-0.05, 0) is 53.8 Å². The number of piperidine rings is 1. The predicted molar refractivity (Wildman–Crippen MR) is 126 cm³/mol. The molecule has 3 heterocycles. The Morgan fingerprint density at radius 2 is 2.00 bits per heavy atom. The van der Waals surface area contributed by atoms with E-state index in [1.165, 1.54) is 4.90 Å². The van der Waals surface area contributed by atoms with Crippen LogP contribution in [0.25, 0.3) is 10.9 Å². The maximum Gasteiger partial charge on any atom is 0.272 e. The van der Waals surface area contributed by atoms with E-state index in [9.17, 15) is 19.2 Å². The minimum atomic E-state index is -0.674. The van der Waals surface area contributed by atoms with Gasteiger partial charge in [0, 0.05) is 41.7 Å². The van der Waals surface area contributed by atoms with Gasteiger partial charge < -0.3 is 20.9 Å². The average molecular weight is 460 g/mol. The second kappa shape index (κ2) is 8.42. The first-order chi connectivity index (χ1) is 16.4. The maximum atomic E-state index is 13.1. The lowest BCUT2D eigenvalue weighted by molar-refractivity contribution is -0.136. The average Bonchev–Trinajstić information content (AvgIpc) is 3.35. The first-order valence-corrected chi connectivity index (χ1v) is 11.3. The van der Waals surface area contributed by atoms with E-state index in [-0.39, 0.29) is 30.7 Å². The first kappa shape index (κ1) is 21.8. The highest BCUT2D eigenvalue weighted by Crippen LogP contribution is 2.30. The molecule has 0 radical (unpaired) electrons. The highest BCUT2D eigenvalue weighted by molar-refractivity contribution is 6.09. The molecule has 0 saturated carbocycles. The lowest BCUT2D eigenvalue weighted by Crippen LogP contribution is -2.52. The number of anilines is 1. The number of H-pyrrole nitrogens is 1. The second-order valence-corrected chi connectivity index (χ2v) is 8.64. The van der Waals surface area contributed by atoms with Crippen molar-refractivity contribution in [3.8, 4) is 0 Å². The first-order valence-electron chi connectivity index (χ1n) is 11.3. The molecular formula is C25H25N5O4. The molecule has 2 aromatic carbocycles. The van der Waals surface area contributed by atoms with E-state index in [2.05, 4.69) is 15.6 Å². The summed E-state index contributed by atoms with van der Waals surface area (Å²) in [5.41, 5.74) is 10.8. The lowest BCUT2D eigenvalue weighted by Gasteiger charge is -2.29. The third-order valence-electron chi connectivity index (χ3n) is 6.57. The molecule has 1 saturated heterocycles. The summed E-state index contributed by atoms with van der Waals surface area (Å²) in [5, 5.41) is 6.22. The SMILES string of the molecule is CCc1c(C(=O)Nc2ccc3c(c2)CN(C2CCC(=O)NC2=O)C3=O)[nH]c2cc(CN)ccc12. The normalized spacial score (nSPS) is 17.8. The number of carbonyl (C=O) groups excluding carboxylic acids is 4. The van der Waals surface area contributed by atoms with Crippen molar-refractivity contribution in [1.82, 2.24) is 15.2 Å². The van der Waals surface area contributed by atoms with Crippen molar-refractivity contribution in [1.29, 1.82) is 0 Å². The number of hydrogen-bond donors (Lipinski definition) is 4. The number of hydrogen-bond acceptors (Lipinski definition) is 5. The van der Waals surface area contributed by atoms with Gasteiger partial charge in [-0.3, -0.25) is 24.5 Å². The molecule has 1 atom stereocenters. The van der Waals surface area contributed by atoms with Crippen molar-refractivity contribution in [2.24, 2.45) is 5.73 Å². The number of aryl methyl sites for hydroxylation is 1. The number of benzene rings is 2. The predicted octanol–water partition coefficient (Wildman–Crippen LogP) is 2.20. The molecule has 1 fully saturated rings. The number of nitrogens with zero attached hydrogens (tertiary/aromatic N) is 1. The molecule has 9 nitrogen and oxygen atoms in total. The molecule has 0 aliphatic carbocycles. The summed E-state index contributed by atoms with van der Waals surface area (Å²) in [5.74, 6) is -1.29. The molecule has 34 heavy (non-hydrogen) atoms. The minimum absolute atomic E-state index is 0.203. The fourth-order valence-electron chi connectivity index (χ4n) is 4.84. The Balaban J connectivity index is 1.38. The fraction of sp³-hybridized carbons (Fsp3) is 0.280. The quantitative estimate of drug-likeness (QED) is 0.434. The van der Waals surface area contributed by atoms with Crippen LogP contribution in [0.5, 0.6) is 0 Å². The third-order valence-corrected chi connectivity index (χ3v) is 6.57. The summed E-state index contributed by atoms with van der Waals surface area (Å²) in [6.07, 6.45) is 1.19. The molecule has 1 unspecified atom stereocenters. The summed E-state index contributed by atoms with van der Waals surface area (Å²) in [6, 6.07) is 10.3. The Morgan fingerprint density at radius 1 is 1.18 bits per heavy atom. The van der Waals surface area contributed by atoms with Gasteiger partial charge in [-0.2, -0.15) is 0 Å². The third kappa shape index (κ3) is 3.63. The molecule has 2 aliphatic rings. The topological polar surface area (TPSA) is 137 Å². The second-order valence-electron chi connectivity index (χ2n) is 8.64. The zero-order valence-electron chi connectivity index (χ0n) is 18.7. The van der Waals surface area contributed by atoms with Crippen LogP contribution in [0.3, 0.4) is 0 Å². The van der Waals surface area contributed by atoms with Crippen LogP contribution in [-0.4, -0.2) is 39.6 Å². The molecule has 1 aromatic heterocycles. The molecule has 0 bridgehead atoms. The van der Waals surface area contributed by atoms with Crippen LogP contribution in [0.15, 0.2) is 36.4 Å². The number of aromatic amines is 1. The van der Waals surface area contributed by atoms with E-state index in [1.807, 2.05) is 25.1 Å². The van der Waals surface area contributed by atoms with Crippen molar-refractivity contribution in [3.63, 3.8) is 0 Å². The molecule has 174 valence electrons. The van der Waals surface area contributed by atoms with Gasteiger partial charge in [0.1, 0.15) is 11.7 Å². The number of imide groups is 1. The zero-order chi connectivity index (χ0) is 24.0. The molecular weight excluding hydrogens is 434 g/mol. The van der Waals surface area contributed by atoms with E-state index in [4.69, 9.17) is 5.73 Å². The smallest absolute Gasteiger partial charge is 0.272 e. The van der Waals surface area contributed by atoms with Crippen molar-refractivity contribution >= 4 is 40.2 Å². The number of amides is 4. The van der Waals surface area contributed by atoms with Crippen molar-refractivity contribution in [2.75, 3.05) is 5.32 Å². The van der Waals surface area contributed by atoms with Crippen LogP contribution in [0, 0.1) is 0 Å². The standard InChI is InChI=1S/C25H25N5O4/c1-2-16-18-5-3-13(11-26)9-19(18)28-22(16)24(33)27-15-4-6-17-14(10-15)12-30(25(17)34)20-7-8-21(31)29-23(20)32/h3-6,9-10,20,28H,2,7-8,11-12,26H2,1H3,(H,27,33)(H,29,31,32). The summed E-state index contributed by atoms with van der Waals surface area (Å²) < 4.78 is 0. The van der Waals surface area contributed by atoms with Gasteiger partial charge in [0.25, 0.3) is 11.8 Å². The van der Waals surface area contributed by atoms with Crippen molar-refractivity contribution in [2.45, 2.75) is 45.3 Å². The van der Waals surface area contributed by atoms with E-state index < -0.39 is 11.9 Å². The Bertz CT molecular complexity index is 1360. The zero-order valence-corrected chi connectivity index (χ0v) is 18.7. The van der Waals surface area contributed by atoms with E-state index in [0.717, 1.165) is 27.6 Å². The molecule has 5 rings (SSSR count). The van der Waals surface area contributed by atoms with Crippen molar-refractivity contribution < 1.29 is 19.2 Å². The maximum absolute atomic E-state index is 13.1. The van der Waals surface area contributed by atoms with Crippen LogP contribution in [-0.2, 0) is 29.1 Å². The van der Waals surface area contributed by atoms with E-state index in [0.29, 0.717) is 36.3 Å². The summed E-state index contributed by atoms with van der Waals surface area (Å²) in [7, 11) is 0. The fourth-order valence-corrected chi connectivity index (χ4v) is 4.84. The number of fused-ring (bicyclic) bond motifs is 2. The molecule has 2 aliphatic heterocycles. The highest BCUT2D eigenvalue weighted by Gasteiger charge is 2.39. The number of aromatic nitrogens is 1. The molecule has 0 spiro atoms. The van der Waals surface area contributed by atoms with Gasteiger partial charge in [0.15, 0.2) is 0 Å². The summed E-state index contributed by atoms with van der Waals surface area (Å²) in [6.45, 7) is 2.67. The highest BCUT2D eigenvalue weighted by atomic mass is 16.2. The van der Waals surface area contributed by atoms with Crippen LogP contribution in [0.1, 0.15) is 57.3 Å². The van der Waals surface area contributed by atoms with Crippen LogP contribution >= 0.6 is 0 Å². The number of nitrogens with one attached hydrogen (secondary N) is 3. The Labute approximate surface area is 195 Å². The van der Waals surface area contributed by atoms with Crippen LogP contribution in [0.4, 0.5) is 5.69 Å². The monoisotopic (exact) mass is 459 g/mol. The Morgan fingerprint density at radius 3 is 2.74 bits per heavy atom. The Hall–Kier alpha value is -3.98. The van der Waals surface area contributed by atoms with Crippen LogP contribution < -0.4 is 16.4 Å². The molecule has 3 aromatic rings. The van der Waals surface area contributed by atoms with Gasteiger partial charge in [-0.15, -0.1) is 0 Å². The minimum Gasteiger partial charge on any atom is -0.350 e. The van der Waals surface area contributed by atoms with Gasteiger partial charge in [0.05, 0.1) is 0 Å². The van der Waals surface area contributed by atoms with Crippen molar-refractivity contribution in [3.05, 3.63) is 64.3 Å². The lowest BCUT2D eigenvalue weighted by atomic mass is 10.0. The van der Waals surface area contributed by atoms with E-state index >= 15 is 0 Å². The number of carbonyl (C=O) groups is 4. The molecule has 5 N–H and O–H groups in total. The molecule has 4 amide bonds.